The van der Waals surface area contributed by atoms with Gasteiger partial charge in [0.2, 0.25) is 17.7 Å². The third kappa shape index (κ3) is 6.06. The van der Waals surface area contributed by atoms with Crippen LogP contribution in [0.1, 0.15) is 12.6 Å². The third-order valence-corrected chi connectivity index (χ3v) is 4.84. The van der Waals surface area contributed by atoms with E-state index in [2.05, 4.69) is 25.9 Å². The normalized spacial score (nSPS) is 14.8. The van der Waals surface area contributed by atoms with Crippen molar-refractivity contribution in [3.05, 3.63) is 41.4 Å². The minimum atomic E-state index is -0.656. The Morgan fingerprint density at radius 3 is 2.68 bits per heavy atom. The molecular weight excluding hydrogens is 422 g/mol. The maximum absolute atomic E-state index is 12.5. The Morgan fingerprint density at radius 1 is 1.19 bits per heavy atom. The second-order valence-corrected chi connectivity index (χ2v) is 7.31. The van der Waals surface area contributed by atoms with Gasteiger partial charge in [-0.25, -0.2) is 9.98 Å². The van der Waals surface area contributed by atoms with Crippen molar-refractivity contribution in [2.24, 2.45) is 10.9 Å². The van der Waals surface area contributed by atoms with E-state index in [1.54, 1.807) is 23.6 Å². The molecule has 0 saturated heterocycles. The molecule has 1 atom stereocenters. The summed E-state index contributed by atoms with van der Waals surface area (Å²) >= 11 is 1.18. The van der Waals surface area contributed by atoms with Gasteiger partial charge in [0.05, 0.1) is 30.8 Å². The van der Waals surface area contributed by atoms with Gasteiger partial charge in [0, 0.05) is 30.3 Å². The Hall–Kier alpha value is -3.86. The van der Waals surface area contributed by atoms with Gasteiger partial charge in [-0.2, -0.15) is 0 Å². The molecule has 3 N–H and O–H groups in total. The molecule has 0 aliphatic carbocycles. The maximum Gasteiger partial charge on any atom is 0.269 e. The van der Waals surface area contributed by atoms with Gasteiger partial charge in [0.15, 0.2) is 5.13 Å². The Balaban J connectivity index is 1.60. The van der Waals surface area contributed by atoms with E-state index >= 15 is 0 Å². The van der Waals surface area contributed by atoms with E-state index in [0.29, 0.717) is 27.9 Å². The summed E-state index contributed by atoms with van der Waals surface area (Å²) in [5.74, 6) is -1.59. The summed E-state index contributed by atoms with van der Waals surface area (Å²) in [6, 6.07) is 4.89. The highest BCUT2D eigenvalue weighted by Gasteiger charge is 2.18. The molecular formula is C20H19N5O5S. The highest BCUT2D eigenvalue weighted by Crippen LogP contribution is 2.28. The fraction of sp³-hybridized carbons (Fsp3) is 0.200. The standard InChI is InChI=1S/C20H19N5O5S/c1-11(26)22-13-4-5-16(30-2)15(7-13)24-18(28)8-14-10-31-20(23-14)25-19(29)12-3-6-17(27)21-9-12/h3-7,9-10,12H,8H2,1-2H3,(H,22,26)(H,24,28)(H,23,25,29). The number of carbonyl (C=O) groups is 4. The Morgan fingerprint density at radius 2 is 2.00 bits per heavy atom. The summed E-state index contributed by atoms with van der Waals surface area (Å²) < 4.78 is 5.24. The highest BCUT2D eigenvalue weighted by atomic mass is 32.1. The summed E-state index contributed by atoms with van der Waals surface area (Å²) in [6.07, 6.45) is 3.92. The zero-order chi connectivity index (χ0) is 22.4. The lowest BCUT2D eigenvalue weighted by atomic mass is 10.1. The fourth-order valence-electron chi connectivity index (χ4n) is 2.67. The van der Waals surface area contributed by atoms with Crippen LogP contribution < -0.4 is 20.7 Å². The topological polar surface area (TPSA) is 139 Å². The van der Waals surface area contributed by atoms with Crippen molar-refractivity contribution in [2.75, 3.05) is 23.1 Å². The number of thiazole rings is 1. The van der Waals surface area contributed by atoms with E-state index in [9.17, 15) is 19.2 Å². The molecule has 0 saturated carbocycles. The molecule has 1 aromatic carbocycles. The lowest BCUT2D eigenvalue weighted by molar-refractivity contribution is -0.117. The number of rotatable bonds is 7. The van der Waals surface area contributed by atoms with Crippen molar-refractivity contribution in [2.45, 2.75) is 13.3 Å². The molecule has 2 heterocycles. The second-order valence-electron chi connectivity index (χ2n) is 6.46. The van der Waals surface area contributed by atoms with Crippen LogP contribution in [0.5, 0.6) is 5.75 Å². The molecule has 4 amide bonds. The van der Waals surface area contributed by atoms with Gasteiger partial charge in [0.25, 0.3) is 5.91 Å². The van der Waals surface area contributed by atoms with Crippen molar-refractivity contribution in [1.29, 1.82) is 0 Å². The zero-order valence-electron chi connectivity index (χ0n) is 16.7. The van der Waals surface area contributed by atoms with E-state index in [-0.39, 0.29) is 24.1 Å². The van der Waals surface area contributed by atoms with Gasteiger partial charge >= 0.3 is 0 Å². The lowest BCUT2D eigenvalue weighted by Gasteiger charge is -2.12. The van der Waals surface area contributed by atoms with Crippen molar-refractivity contribution < 1.29 is 23.9 Å². The predicted molar refractivity (Wildman–Crippen MR) is 117 cm³/mol. The molecule has 0 radical (unpaired) electrons. The van der Waals surface area contributed by atoms with Crippen molar-refractivity contribution in [3.63, 3.8) is 0 Å². The molecule has 0 bridgehead atoms. The van der Waals surface area contributed by atoms with Gasteiger partial charge in [-0.1, -0.05) is 6.08 Å². The predicted octanol–water partition coefficient (Wildman–Crippen LogP) is 2.01. The van der Waals surface area contributed by atoms with Crippen LogP contribution >= 0.6 is 11.3 Å². The van der Waals surface area contributed by atoms with Gasteiger partial charge in [-0.15, -0.1) is 11.3 Å². The summed E-state index contributed by atoms with van der Waals surface area (Å²) in [6.45, 7) is 1.39. The number of anilines is 3. The Bertz CT molecular complexity index is 1080. The number of hydrogen-bond donors (Lipinski definition) is 3. The number of aliphatic imine (C=N–C) groups is 1. The van der Waals surface area contributed by atoms with E-state index in [1.807, 2.05) is 0 Å². The molecule has 1 unspecified atom stereocenters. The molecule has 1 aliphatic heterocycles. The van der Waals surface area contributed by atoms with Crippen LogP contribution in [0.3, 0.4) is 0 Å². The average molecular weight is 441 g/mol. The smallest absolute Gasteiger partial charge is 0.269 e. The van der Waals surface area contributed by atoms with Crippen LogP contribution in [0.15, 0.2) is 40.7 Å². The first-order chi connectivity index (χ1) is 14.8. The summed E-state index contributed by atoms with van der Waals surface area (Å²) in [7, 11) is 1.47. The van der Waals surface area contributed by atoms with Crippen molar-refractivity contribution in [1.82, 2.24) is 4.98 Å². The molecule has 1 aromatic heterocycles. The number of carbonyl (C=O) groups excluding carboxylic acids is 4. The maximum atomic E-state index is 12.5. The minimum Gasteiger partial charge on any atom is -0.495 e. The first kappa shape index (κ1) is 21.8. The number of ether oxygens (including phenoxy) is 1. The minimum absolute atomic E-state index is 0.0286. The van der Waals surface area contributed by atoms with Gasteiger partial charge < -0.3 is 20.7 Å². The number of hydrogen-bond acceptors (Lipinski definition) is 7. The average Bonchev–Trinajstić information content (AvgIpc) is 3.14. The number of amides is 4. The number of benzene rings is 1. The molecule has 10 nitrogen and oxygen atoms in total. The van der Waals surface area contributed by atoms with Crippen LogP contribution in [-0.2, 0) is 25.6 Å². The monoisotopic (exact) mass is 441 g/mol. The van der Waals surface area contributed by atoms with E-state index in [4.69, 9.17) is 4.74 Å². The van der Waals surface area contributed by atoms with Crippen LogP contribution in [-0.4, -0.2) is 41.9 Å². The summed E-state index contributed by atoms with van der Waals surface area (Å²) in [4.78, 5) is 54.8. The molecule has 2 aromatic rings. The Labute approximate surface area is 181 Å². The Kier molecular flexibility index (Phi) is 6.88. The molecule has 0 fully saturated rings. The quantitative estimate of drug-likeness (QED) is 0.601. The lowest BCUT2D eigenvalue weighted by Crippen LogP contribution is -2.24. The number of nitrogens with zero attached hydrogens (tertiary/aromatic N) is 2. The first-order valence-electron chi connectivity index (χ1n) is 9.11. The van der Waals surface area contributed by atoms with Gasteiger partial charge in [-0.3, -0.25) is 19.2 Å². The zero-order valence-corrected chi connectivity index (χ0v) is 17.5. The second kappa shape index (κ2) is 9.76. The van der Waals surface area contributed by atoms with Gasteiger partial charge in [0.1, 0.15) is 5.75 Å². The molecule has 3 rings (SSSR count). The molecule has 11 heteroatoms. The van der Waals surface area contributed by atoms with Crippen molar-refractivity contribution >= 4 is 57.7 Å². The van der Waals surface area contributed by atoms with Crippen LogP contribution in [0, 0.1) is 5.92 Å². The number of nitrogens with one attached hydrogen (secondary N) is 3. The SMILES string of the molecule is COc1ccc(NC(C)=O)cc1NC(=O)Cc1csc(NC(=O)C2C=CC(=O)N=C2)n1. The first-order valence-corrected chi connectivity index (χ1v) is 9.99. The van der Waals surface area contributed by atoms with E-state index in [0.717, 1.165) is 0 Å². The molecule has 0 spiro atoms. The summed E-state index contributed by atoms with van der Waals surface area (Å²) in [5, 5.41) is 10.0. The number of methoxy groups -OCH3 is 1. The van der Waals surface area contributed by atoms with E-state index in [1.165, 1.54) is 43.7 Å². The highest BCUT2D eigenvalue weighted by molar-refractivity contribution is 7.14. The third-order valence-electron chi connectivity index (χ3n) is 4.03. The molecule has 1 aliphatic rings. The number of dihydropyridines is 1. The van der Waals surface area contributed by atoms with Crippen LogP contribution in [0.2, 0.25) is 0 Å². The van der Waals surface area contributed by atoms with Crippen LogP contribution in [0.4, 0.5) is 16.5 Å². The largest absolute Gasteiger partial charge is 0.495 e. The summed E-state index contributed by atoms with van der Waals surface area (Å²) in [5.41, 5.74) is 1.39. The number of aromatic nitrogens is 1. The fourth-order valence-corrected chi connectivity index (χ4v) is 3.38. The van der Waals surface area contributed by atoms with Crippen molar-refractivity contribution in [3.8, 4) is 5.75 Å². The molecule has 160 valence electrons. The van der Waals surface area contributed by atoms with E-state index < -0.39 is 11.8 Å². The van der Waals surface area contributed by atoms with Gasteiger partial charge in [-0.05, 0) is 18.2 Å². The van der Waals surface area contributed by atoms with Crippen LogP contribution in [0.25, 0.3) is 0 Å². The molecule has 31 heavy (non-hydrogen) atoms.